The number of benzene rings is 1. The highest BCUT2D eigenvalue weighted by Crippen LogP contribution is 2.14. The van der Waals surface area contributed by atoms with Crippen molar-refractivity contribution in [2.45, 2.75) is 12.8 Å². The lowest BCUT2D eigenvalue weighted by atomic mass is 10.1. The Balaban J connectivity index is 2.08. The van der Waals surface area contributed by atoms with E-state index < -0.39 is 5.97 Å². The number of carbonyl (C=O) groups is 2. The number of carbonyl (C=O) groups excluding carboxylic acids is 1. The molecule has 1 amide bonds. The third-order valence-electron chi connectivity index (χ3n) is 3.08. The zero-order valence-electron chi connectivity index (χ0n) is 11.2. The molecule has 0 spiro atoms. The van der Waals surface area contributed by atoms with Crippen molar-refractivity contribution in [1.29, 1.82) is 0 Å². The smallest absolute Gasteiger partial charge is 0.303 e. The van der Waals surface area contributed by atoms with Gasteiger partial charge in [0.15, 0.2) is 0 Å². The van der Waals surface area contributed by atoms with Crippen molar-refractivity contribution >= 4 is 22.8 Å². The average molecular weight is 272 g/mol. The summed E-state index contributed by atoms with van der Waals surface area (Å²) < 4.78 is 0. The number of pyridine rings is 1. The van der Waals surface area contributed by atoms with Gasteiger partial charge in [-0.15, -0.1) is 0 Å². The summed E-state index contributed by atoms with van der Waals surface area (Å²) in [7, 11) is 1.68. The number of hydrogen-bond donors (Lipinski definition) is 1. The number of rotatable bonds is 5. The molecule has 5 nitrogen and oxygen atoms in total. The quantitative estimate of drug-likeness (QED) is 0.905. The van der Waals surface area contributed by atoms with Crippen LogP contribution >= 0.6 is 0 Å². The highest BCUT2D eigenvalue weighted by atomic mass is 16.4. The number of amides is 1. The highest BCUT2D eigenvalue weighted by molar-refractivity contribution is 5.97. The molecule has 0 radical (unpaired) electrons. The van der Waals surface area contributed by atoms with Crippen molar-refractivity contribution in [2.24, 2.45) is 0 Å². The van der Waals surface area contributed by atoms with Crippen LogP contribution in [0, 0.1) is 0 Å². The molecule has 0 fully saturated rings. The van der Waals surface area contributed by atoms with Gasteiger partial charge in [0.05, 0.1) is 5.52 Å². The molecule has 0 saturated heterocycles. The molecule has 2 rings (SSSR count). The summed E-state index contributed by atoms with van der Waals surface area (Å²) in [5.41, 5.74) is 1.43. The van der Waals surface area contributed by atoms with Gasteiger partial charge < -0.3 is 10.0 Å². The van der Waals surface area contributed by atoms with Gasteiger partial charge in [-0.05, 0) is 30.7 Å². The Morgan fingerprint density at radius 2 is 2.10 bits per heavy atom. The van der Waals surface area contributed by atoms with Crippen LogP contribution in [0.1, 0.15) is 23.2 Å². The van der Waals surface area contributed by atoms with Crippen LogP contribution in [-0.4, -0.2) is 40.5 Å². The second kappa shape index (κ2) is 6.14. The number of hydrogen-bond acceptors (Lipinski definition) is 3. The van der Waals surface area contributed by atoms with Crippen LogP contribution < -0.4 is 0 Å². The van der Waals surface area contributed by atoms with Crippen LogP contribution in [0.2, 0.25) is 0 Å². The first-order chi connectivity index (χ1) is 9.58. The minimum Gasteiger partial charge on any atom is -0.481 e. The fraction of sp³-hybridized carbons (Fsp3) is 0.267. The minimum atomic E-state index is -0.845. The lowest BCUT2D eigenvalue weighted by Crippen LogP contribution is -2.28. The summed E-state index contributed by atoms with van der Waals surface area (Å²) in [6.07, 6.45) is 2.23. The monoisotopic (exact) mass is 272 g/mol. The average Bonchev–Trinajstić information content (AvgIpc) is 2.45. The zero-order chi connectivity index (χ0) is 14.5. The summed E-state index contributed by atoms with van der Waals surface area (Å²) in [5.74, 6) is -0.955. The van der Waals surface area contributed by atoms with Gasteiger partial charge in [0.1, 0.15) is 0 Å². The molecule has 0 aliphatic heterocycles. The SMILES string of the molecule is CN(CCCC(=O)O)C(=O)c1ccc2ncccc2c1. The van der Waals surface area contributed by atoms with E-state index in [0.29, 0.717) is 18.5 Å². The molecular formula is C15H16N2O3. The first-order valence-corrected chi connectivity index (χ1v) is 6.40. The van der Waals surface area contributed by atoms with Gasteiger partial charge in [-0.1, -0.05) is 6.07 Å². The normalized spacial score (nSPS) is 10.4. The number of carboxylic acid groups (broad SMARTS) is 1. The molecule has 0 saturated carbocycles. The summed E-state index contributed by atoms with van der Waals surface area (Å²) >= 11 is 0. The molecule has 2 aromatic rings. The second-order valence-corrected chi connectivity index (χ2v) is 4.63. The third kappa shape index (κ3) is 3.32. The zero-order valence-corrected chi connectivity index (χ0v) is 11.2. The van der Waals surface area contributed by atoms with Crippen LogP contribution in [0.25, 0.3) is 10.9 Å². The Bertz CT molecular complexity index is 640. The highest BCUT2D eigenvalue weighted by Gasteiger charge is 2.12. The maximum atomic E-state index is 12.2. The second-order valence-electron chi connectivity index (χ2n) is 4.63. The van der Waals surface area contributed by atoms with Crippen molar-refractivity contribution in [3.8, 4) is 0 Å². The van der Waals surface area contributed by atoms with Gasteiger partial charge in [0.25, 0.3) is 5.91 Å². The Labute approximate surface area is 116 Å². The van der Waals surface area contributed by atoms with Gasteiger partial charge in [0, 0.05) is 37.2 Å². The van der Waals surface area contributed by atoms with Crippen LogP contribution in [0.3, 0.4) is 0 Å². The molecule has 1 aromatic carbocycles. The fourth-order valence-corrected chi connectivity index (χ4v) is 2.00. The number of aromatic nitrogens is 1. The van der Waals surface area contributed by atoms with E-state index >= 15 is 0 Å². The van der Waals surface area contributed by atoms with E-state index in [2.05, 4.69) is 4.98 Å². The van der Waals surface area contributed by atoms with E-state index in [1.165, 1.54) is 0 Å². The van der Waals surface area contributed by atoms with Gasteiger partial charge in [-0.25, -0.2) is 0 Å². The summed E-state index contributed by atoms with van der Waals surface area (Å²) in [6.45, 7) is 0.427. The maximum Gasteiger partial charge on any atom is 0.303 e. The predicted octanol–water partition coefficient (Wildman–Crippen LogP) is 2.17. The molecule has 0 bridgehead atoms. The third-order valence-corrected chi connectivity index (χ3v) is 3.08. The van der Waals surface area contributed by atoms with Gasteiger partial charge >= 0.3 is 5.97 Å². The maximum absolute atomic E-state index is 12.2. The lowest BCUT2D eigenvalue weighted by Gasteiger charge is -2.16. The van der Waals surface area contributed by atoms with E-state index in [0.717, 1.165) is 10.9 Å². The van der Waals surface area contributed by atoms with E-state index in [9.17, 15) is 9.59 Å². The van der Waals surface area contributed by atoms with Crippen LogP contribution in [0.15, 0.2) is 36.5 Å². The van der Waals surface area contributed by atoms with Crippen molar-refractivity contribution in [1.82, 2.24) is 9.88 Å². The number of aliphatic carboxylic acids is 1. The molecule has 0 atom stereocenters. The van der Waals surface area contributed by atoms with E-state index in [1.54, 1.807) is 30.3 Å². The predicted molar refractivity (Wildman–Crippen MR) is 75.6 cm³/mol. The molecule has 1 N–H and O–H groups in total. The van der Waals surface area contributed by atoms with Gasteiger partial charge in [-0.2, -0.15) is 0 Å². The standard InChI is InChI=1S/C15H16N2O3/c1-17(9-3-5-14(18)19)15(20)12-6-7-13-11(10-12)4-2-8-16-13/h2,4,6-8,10H,3,5,9H2,1H3,(H,18,19). The molecule has 104 valence electrons. The summed E-state index contributed by atoms with van der Waals surface area (Å²) in [4.78, 5) is 28.4. The van der Waals surface area contributed by atoms with Gasteiger partial charge in [0.2, 0.25) is 0 Å². The van der Waals surface area contributed by atoms with Gasteiger partial charge in [-0.3, -0.25) is 14.6 Å². The molecule has 1 heterocycles. The molecule has 1 aromatic heterocycles. The van der Waals surface area contributed by atoms with Crippen molar-refractivity contribution in [2.75, 3.05) is 13.6 Å². The van der Waals surface area contributed by atoms with Crippen LogP contribution in [-0.2, 0) is 4.79 Å². The largest absolute Gasteiger partial charge is 0.481 e. The molecule has 20 heavy (non-hydrogen) atoms. The number of nitrogens with zero attached hydrogens (tertiary/aromatic N) is 2. The van der Waals surface area contributed by atoms with E-state index in [-0.39, 0.29) is 12.3 Å². The number of carboxylic acids is 1. The summed E-state index contributed by atoms with van der Waals surface area (Å²) in [6, 6.07) is 9.09. The lowest BCUT2D eigenvalue weighted by molar-refractivity contribution is -0.137. The Kier molecular flexibility index (Phi) is 4.30. The molecular weight excluding hydrogens is 256 g/mol. The van der Waals surface area contributed by atoms with Crippen LogP contribution in [0.5, 0.6) is 0 Å². The van der Waals surface area contributed by atoms with E-state index in [1.807, 2.05) is 18.2 Å². The topological polar surface area (TPSA) is 70.5 Å². The Morgan fingerprint density at radius 1 is 1.30 bits per heavy atom. The van der Waals surface area contributed by atoms with Crippen molar-refractivity contribution in [3.63, 3.8) is 0 Å². The van der Waals surface area contributed by atoms with Crippen molar-refractivity contribution in [3.05, 3.63) is 42.1 Å². The Morgan fingerprint density at radius 3 is 2.85 bits per heavy atom. The molecule has 5 heteroatoms. The summed E-state index contributed by atoms with van der Waals surface area (Å²) in [5, 5.41) is 9.50. The van der Waals surface area contributed by atoms with E-state index in [4.69, 9.17) is 5.11 Å². The number of fused-ring (bicyclic) bond motifs is 1. The first kappa shape index (κ1) is 14.0. The molecule has 0 aliphatic carbocycles. The fourth-order valence-electron chi connectivity index (χ4n) is 2.00. The molecule has 0 unspecified atom stereocenters. The Hall–Kier alpha value is -2.43. The first-order valence-electron chi connectivity index (χ1n) is 6.40. The van der Waals surface area contributed by atoms with Crippen LogP contribution in [0.4, 0.5) is 0 Å². The molecule has 0 aliphatic rings. The van der Waals surface area contributed by atoms with Crippen molar-refractivity contribution < 1.29 is 14.7 Å². The minimum absolute atomic E-state index is 0.0687.